The van der Waals surface area contributed by atoms with E-state index in [0.29, 0.717) is 17.9 Å². The molecule has 1 rings (SSSR count). The SMILES string of the molecule is CCC1C=CC(C)C(NC(=O)C(C)C)C1. The van der Waals surface area contributed by atoms with Gasteiger partial charge in [0.25, 0.3) is 0 Å². The second-order valence-electron chi connectivity index (χ2n) is 4.92. The van der Waals surface area contributed by atoms with Crippen molar-refractivity contribution in [2.45, 2.75) is 46.6 Å². The normalized spacial score (nSPS) is 30.6. The molecule has 2 heteroatoms. The zero-order chi connectivity index (χ0) is 11.4. The number of carbonyl (C=O) groups is 1. The van der Waals surface area contributed by atoms with Crippen molar-refractivity contribution >= 4 is 5.91 Å². The van der Waals surface area contributed by atoms with Gasteiger partial charge >= 0.3 is 0 Å². The monoisotopic (exact) mass is 209 g/mol. The fraction of sp³-hybridized carbons (Fsp3) is 0.769. The van der Waals surface area contributed by atoms with E-state index in [1.807, 2.05) is 13.8 Å². The van der Waals surface area contributed by atoms with Gasteiger partial charge in [0.2, 0.25) is 5.91 Å². The number of nitrogens with one attached hydrogen (secondary N) is 1. The van der Waals surface area contributed by atoms with Crippen LogP contribution in [0.1, 0.15) is 40.5 Å². The van der Waals surface area contributed by atoms with Gasteiger partial charge in [-0.25, -0.2) is 0 Å². The molecule has 1 aliphatic carbocycles. The summed E-state index contributed by atoms with van der Waals surface area (Å²) in [4.78, 5) is 11.6. The zero-order valence-electron chi connectivity index (χ0n) is 10.3. The zero-order valence-corrected chi connectivity index (χ0v) is 10.3. The highest BCUT2D eigenvalue weighted by molar-refractivity contribution is 5.78. The molecule has 0 aliphatic heterocycles. The molecular formula is C13H23NO. The maximum absolute atomic E-state index is 11.6. The lowest BCUT2D eigenvalue weighted by Crippen LogP contribution is -2.43. The molecule has 1 aliphatic rings. The minimum atomic E-state index is 0.0863. The summed E-state index contributed by atoms with van der Waals surface area (Å²) in [5, 5.41) is 3.14. The quantitative estimate of drug-likeness (QED) is 0.711. The molecule has 1 N–H and O–H groups in total. The molecule has 1 amide bonds. The Morgan fingerprint density at radius 2 is 2.13 bits per heavy atom. The first-order valence-corrected chi connectivity index (χ1v) is 6.03. The fourth-order valence-electron chi connectivity index (χ4n) is 1.93. The van der Waals surface area contributed by atoms with E-state index in [-0.39, 0.29) is 11.8 Å². The number of allylic oxidation sites excluding steroid dienone is 1. The van der Waals surface area contributed by atoms with E-state index in [1.165, 1.54) is 0 Å². The summed E-state index contributed by atoms with van der Waals surface area (Å²) in [6.45, 7) is 8.26. The third-order valence-corrected chi connectivity index (χ3v) is 3.25. The summed E-state index contributed by atoms with van der Waals surface area (Å²) in [7, 11) is 0. The van der Waals surface area contributed by atoms with Crippen molar-refractivity contribution in [3.05, 3.63) is 12.2 Å². The largest absolute Gasteiger partial charge is 0.353 e. The lowest BCUT2D eigenvalue weighted by atomic mass is 9.83. The molecule has 86 valence electrons. The smallest absolute Gasteiger partial charge is 0.222 e. The third-order valence-electron chi connectivity index (χ3n) is 3.25. The van der Waals surface area contributed by atoms with E-state index in [0.717, 1.165) is 12.8 Å². The van der Waals surface area contributed by atoms with Crippen LogP contribution in [0, 0.1) is 17.8 Å². The number of hydrogen-bond donors (Lipinski definition) is 1. The van der Waals surface area contributed by atoms with Gasteiger partial charge in [0.1, 0.15) is 0 Å². The highest BCUT2D eigenvalue weighted by Crippen LogP contribution is 2.24. The maximum Gasteiger partial charge on any atom is 0.222 e. The number of carbonyl (C=O) groups excluding carboxylic acids is 1. The number of amides is 1. The van der Waals surface area contributed by atoms with E-state index >= 15 is 0 Å². The summed E-state index contributed by atoms with van der Waals surface area (Å²) < 4.78 is 0. The van der Waals surface area contributed by atoms with Crippen molar-refractivity contribution in [2.75, 3.05) is 0 Å². The van der Waals surface area contributed by atoms with Gasteiger partial charge in [0.15, 0.2) is 0 Å². The van der Waals surface area contributed by atoms with Crippen molar-refractivity contribution in [3.63, 3.8) is 0 Å². The lowest BCUT2D eigenvalue weighted by Gasteiger charge is -2.30. The molecule has 0 aromatic carbocycles. The van der Waals surface area contributed by atoms with E-state index in [1.54, 1.807) is 0 Å². The van der Waals surface area contributed by atoms with Gasteiger partial charge in [-0.1, -0.05) is 39.8 Å². The molecule has 0 heterocycles. The predicted octanol–water partition coefficient (Wildman–Crippen LogP) is 2.75. The van der Waals surface area contributed by atoms with Gasteiger partial charge in [-0.05, 0) is 24.7 Å². The summed E-state index contributed by atoms with van der Waals surface area (Å²) in [5.74, 6) is 1.37. The Hall–Kier alpha value is -0.790. The molecule has 0 fully saturated rings. The number of rotatable bonds is 3. The molecule has 0 bridgehead atoms. The molecule has 0 saturated heterocycles. The van der Waals surface area contributed by atoms with Crippen LogP contribution < -0.4 is 5.32 Å². The molecule has 0 aromatic rings. The Bertz CT molecular complexity index is 245. The van der Waals surface area contributed by atoms with E-state index in [2.05, 4.69) is 31.3 Å². The Morgan fingerprint density at radius 1 is 1.47 bits per heavy atom. The van der Waals surface area contributed by atoms with Gasteiger partial charge in [-0.3, -0.25) is 4.79 Å². The van der Waals surface area contributed by atoms with E-state index in [4.69, 9.17) is 0 Å². The molecule has 0 spiro atoms. The highest BCUT2D eigenvalue weighted by Gasteiger charge is 2.24. The topological polar surface area (TPSA) is 29.1 Å². The lowest BCUT2D eigenvalue weighted by molar-refractivity contribution is -0.125. The molecule has 0 aromatic heterocycles. The molecular weight excluding hydrogens is 186 g/mol. The highest BCUT2D eigenvalue weighted by atomic mass is 16.1. The Labute approximate surface area is 93.1 Å². The van der Waals surface area contributed by atoms with Gasteiger partial charge in [0, 0.05) is 12.0 Å². The summed E-state index contributed by atoms with van der Waals surface area (Å²) in [6, 6.07) is 0.329. The maximum atomic E-state index is 11.6. The van der Waals surface area contributed by atoms with Crippen molar-refractivity contribution in [1.29, 1.82) is 0 Å². The second-order valence-corrected chi connectivity index (χ2v) is 4.92. The van der Waals surface area contributed by atoms with Crippen LogP contribution in [0.5, 0.6) is 0 Å². The van der Waals surface area contributed by atoms with Crippen LogP contribution in [-0.4, -0.2) is 11.9 Å². The van der Waals surface area contributed by atoms with Gasteiger partial charge in [-0.2, -0.15) is 0 Å². The van der Waals surface area contributed by atoms with Crippen molar-refractivity contribution < 1.29 is 4.79 Å². The van der Waals surface area contributed by atoms with Gasteiger partial charge in [0.05, 0.1) is 0 Å². The van der Waals surface area contributed by atoms with Gasteiger partial charge < -0.3 is 5.32 Å². The molecule has 15 heavy (non-hydrogen) atoms. The van der Waals surface area contributed by atoms with Crippen LogP contribution >= 0.6 is 0 Å². The Balaban J connectivity index is 2.54. The second kappa shape index (κ2) is 5.34. The molecule has 0 saturated carbocycles. The number of hydrogen-bond acceptors (Lipinski definition) is 1. The van der Waals surface area contributed by atoms with Crippen LogP contribution in [0.4, 0.5) is 0 Å². The standard InChI is InChI=1S/C13H23NO/c1-5-11-7-6-10(4)12(8-11)14-13(15)9(2)3/h6-7,9-12H,5,8H2,1-4H3,(H,14,15). The molecule has 3 atom stereocenters. The summed E-state index contributed by atoms with van der Waals surface area (Å²) in [5.41, 5.74) is 0. The van der Waals surface area contributed by atoms with Crippen LogP contribution in [0.15, 0.2) is 12.2 Å². The van der Waals surface area contributed by atoms with Crippen LogP contribution in [0.3, 0.4) is 0 Å². The van der Waals surface area contributed by atoms with Gasteiger partial charge in [-0.15, -0.1) is 0 Å². The first kappa shape index (κ1) is 12.3. The average Bonchev–Trinajstić information content (AvgIpc) is 2.21. The first-order valence-electron chi connectivity index (χ1n) is 6.03. The van der Waals surface area contributed by atoms with Crippen LogP contribution in [-0.2, 0) is 4.79 Å². The fourth-order valence-corrected chi connectivity index (χ4v) is 1.93. The Kier molecular flexibility index (Phi) is 4.37. The molecule has 0 radical (unpaired) electrons. The third kappa shape index (κ3) is 3.37. The van der Waals surface area contributed by atoms with E-state index < -0.39 is 0 Å². The predicted molar refractivity (Wildman–Crippen MR) is 63.5 cm³/mol. The minimum Gasteiger partial charge on any atom is -0.353 e. The van der Waals surface area contributed by atoms with E-state index in [9.17, 15) is 4.79 Å². The van der Waals surface area contributed by atoms with Crippen LogP contribution in [0.25, 0.3) is 0 Å². The van der Waals surface area contributed by atoms with Crippen molar-refractivity contribution in [3.8, 4) is 0 Å². The van der Waals surface area contributed by atoms with Crippen LogP contribution in [0.2, 0.25) is 0 Å². The molecule has 3 unspecified atom stereocenters. The Morgan fingerprint density at radius 3 is 2.67 bits per heavy atom. The summed E-state index contributed by atoms with van der Waals surface area (Å²) in [6.07, 6.45) is 6.79. The minimum absolute atomic E-state index is 0.0863. The molecule has 2 nitrogen and oxygen atoms in total. The average molecular weight is 209 g/mol. The van der Waals surface area contributed by atoms with Crippen molar-refractivity contribution in [2.24, 2.45) is 17.8 Å². The van der Waals surface area contributed by atoms with Crippen molar-refractivity contribution in [1.82, 2.24) is 5.32 Å². The summed E-state index contributed by atoms with van der Waals surface area (Å²) >= 11 is 0. The first-order chi connectivity index (χ1) is 7.04.